The van der Waals surface area contributed by atoms with Crippen LogP contribution >= 0.6 is 0 Å². The molecule has 1 N–H and O–H groups in total. The van der Waals surface area contributed by atoms with Crippen LogP contribution in [0.25, 0.3) is 22.2 Å². The van der Waals surface area contributed by atoms with Crippen molar-refractivity contribution >= 4 is 16.8 Å². The Labute approximate surface area is 170 Å². The molecule has 0 unspecified atom stereocenters. The van der Waals surface area contributed by atoms with E-state index in [1.54, 1.807) is 7.11 Å². The van der Waals surface area contributed by atoms with Crippen LogP contribution in [0.15, 0.2) is 78.9 Å². The Bertz CT molecular complexity index is 1150. The van der Waals surface area contributed by atoms with Gasteiger partial charge in [0.25, 0.3) is 5.91 Å². The van der Waals surface area contributed by atoms with Crippen LogP contribution in [0.5, 0.6) is 5.75 Å². The molecule has 0 fully saturated rings. The maximum atomic E-state index is 13.0. The summed E-state index contributed by atoms with van der Waals surface area (Å²) < 4.78 is 5.23. The minimum atomic E-state index is -0.112. The normalized spacial score (nSPS) is 10.7. The highest BCUT2D eigenvalue weighted by Crippen LogP contribution is 2.26. The lowest BCUT2D eigenvalue weighted by Gasteiger charge is -2.11. The highest BCUT2D eigenvalue weighted by Gasteiger charge is 2.14. The number of fused-ring (bicyclic) bond motifs is 1. The van der Waals surface area contributed by atoms with Gasteiger partial charge in [-0.1, -0.05) is 48.0 Å². The van der Waals surface area contributed by atoms with E-state index in [0.717, 1.165) is 33.5 Å². The maximum Gasteiger partial charge on any atom is 0.252 e. The molecule has 144 valence electrons. The molecular formula is C25H22N2O2. The van der Waals surface area contributed by atoms with Crippen LogP contribution in [-0.2, 0) is 6.54 Å². The average Bonchev–Trinajstić information content (AvgIpc) is 2.78. The van der Waals surface area contributed by atoms with Crippen molar-refractivity contribution in [1.82, 2.24) is 10.3 Å². The third kappa shape index (κ3) is 4.11. The number of pyridine rings is 1. The number of benzene rings is 3. The number of carbonyl (C=O) groups is 1. The van der Waals surface area contributed by atoms with Gasteiger partial charge in [-0.15, -0.1) is 0 Å². The summed E-state index contributed by atoms with van der Waals surface area (Å²) in [6.45, 7) is 2.53. The van der Waals surface area contributed by atoms with Gasteiger partial charge in [0.2, 0.25) is 0 Å². The fourth-order valence-electron chi connectivity index (χ4n) is 3.26. The quantitative estimate of drug-likeness (QED) is 0.519. The van der Waals surface area contributed by atoms with Crippen LogP contribution in [0, 0.1) is 6.92 Å². The number of rotatable bonds is 5. The molecule has 1 aromatic heterocycles. The van der Waals surface area contributed by atoms with Crippen molar-refractivity contribution in [2.75, 3.05) is 7.11 Å². The number of nitrogens with one attached hydrogen (secondary N) is 1. The van der Waals surface area contributed by atoms with Crippen molar-refractivity contribution in [3.63, 3.8) is 0 Å². The van der Waals surface area contributed by atoms with Crippen LogP contribution in [-0.4, -0.2) is 18.0 Å². The van der Waals surface area contributed by atoms with E-state index in [1.165, 1.54) is 5.56 Å². The first-order valence-electron chi connectivity index (χ1n) is 9.52. The second-order valence-electron chi connectivity index (χ2n) is 6.97. The Balaban J connectivity index is 1.68. The van der Waals surface area contributed by atoms with Gasteiger partial charge in [-0.2, -0.15) is 0 Å². The molecular weight excluding hydrogens is 360 g/mol. The Morgan fingerprint density at radius 2 is 1.69 bits per heavy atom. The Hall–Kier alpha value is -3.66. The number of aromatic nitrogens is 1. The lowest BCUT2D eigenvalue weighted by molar-refractivity contribution is 0.0952. The molecule has 0 atom stereocenters. The molecule has 1 heterocycles. The predicted octanol–water partition coefficient (Wildman–Crippen LogP) is 5.15. The molecule has 0 spiro atoms. The molecule has 0 aliphatic heterocycles. The van der Waals surface area contributed by atoms with Crippen LogP contribution in [0.1, 0.15) is 21.5 Å². The maximum absolute atomic E-state index is 13.0. The number of carbonyl (C=O) groups excluding carboxylic acids is 1. The zero-order valence-corrected chi connectivity index (χ0v) is 16.5. The first-order valence-corrected chi connectivity index (χ1v) is 9.52. The van der Waals surface area contributed by atoms with Gasteiger partial charge in [-0.25, -0.2) is 4.98 Å². The van der Waals surface area contributed by atoms with Crippen LogP contribution in [0.2, 0.25) is 0 Å². The first kappa shape index (κ1) is 18.7. The van der Waals surface area contributed by atoms with E-state index >= 15 is 0 Å². The van der Waals surface area contributed by atoms with Crippen LogP contribution < -0.4 is 10.1 Å². The highest BCUT2D eigenvalue weighted by atomic mass is 16.5. The summed E-state index contributed by atoms with van der Waals surface area (Å²) in [6, 6.07) is 25.4. The molecule has 4 rings (SSSR count). The zero-order chi connectivity index (χ0) is 20.2. The van der Waals surface area contributed by atoms with Crippen molar-refractivity contribution in [3.05, 3.63) is 95.6 Å². The molecule has 0 aliphatic rings. The van der Waals surface area contributed by atoms with E-state index in [-0.39, 0.29) is 5.91 Å². The summed E-state index contributed by atoms with van der Waals surface area (Å²) >= 11 is 0. The van der Waals surface area contributed by atoms with Crippen LogP contribution in [0.4, 0.5) is 0 Å². The fourth-order valence-corrected chi connectivity index (χ4v) is 3.26. The third-order valence-electron chi connectivity index (χ3n) is 4.92. The summed E-state index contributed by atoms with van der Waals surface area (Å²) in [7, 11) is 1.64. The highest BCUT2D eigenvalue weighted by molar-refractivity contribution is 6.07. The first-order chi connectivity index (χ1) is 14.1. The largest absolute Gasteiger partial charge is 0.497 e. The van der Waals surface area contributed by atoms with E-state index in [9.17, 15) is 4.79 Å². The van der Waals surface area contributed by atoms with Gasteiger partial charge in [-0.05, 0) is 48.9 Å². The number of hydrogen-bond acceptors (Lipinski definition) is 3. The number of aryl methyl sites for hydroxylation is 1. The Kier molecular flexibility index (Phi) is 5.25. The van der Waals surface area contributed by atoms with E-state index in [1.807, 2.05) is 85.8 Å². The molecule has 29 heavy (non-hydrogen) atoms. The van der Waals surface area contributed by atoms with Gasteiger partial charge < -0.3 is 10.1 Å². The SMILES string of the molecule is COc1ccc(-c2cc(C(=O)NCc3ccc(C)cc3)c3ccccc3n2)cc1. The number of amides is 1. The molecule has 4 nitrogen and oxygen atoms in total. The number of nitrogens with zero attached hydrogens (tertiary/aromatic N) is 1. The van der Waals surface area contributed by atoms with Crippen molar-refractivity contribution in [2.45, 2.75) is 13.5 Å². The summed E-state index contributed by atoms with van der Waals surface area (Å²) in [5, 5.41) is 3.88. The van der Waals surface area contributed by atoms with Gasteiger partial charge in [0, 0.05) is 17.5 Å². The molecule has 0 saturated carbocycles. The van der Waals surface area contributed by atoms with Crippen molar-refractivity contribution in [1.29, 1.82) is 0 Å². The number of ether oxygens (including phenoxy) is 1. The third-order valence-corrected chi connectivity index (χ3v) is 4.92. The number of methoxy groups -OCH3 is 1. The summed E-state index contributed by atoms with van der Waals surface area (Å²) in [6.07, 6.45) is 0. The van der Waals surface area contributed by atoms with Crippen molar-refractivity contribution in [2.24, 2.45) is 0 Å². The van der Waals surface area contributed by atoms with Crippen molar-refractivity contribution < 1.29 is 9.53 Å². The van der Waals surface area contributed by atoms with E-state index in [4.69, 9.17) is 9.72 Å². The summed E-state index contributed by atoms with van der Waals surface area (Å²) in [5.74, 6) is 0.671. The zero-order valence-electron chi connectivity index (χ0n) is 16.5. The molecule has 0 saturated heterocycles. The second kappa shape index (κ2) is 8.15. The van der Waals surface area contributed by atoms with E-state index in [0.29, 0.717) is 12.1 Å². The van der Waals surface area contributed by atoms with Gasteiger partial charge in [0.05, 0.1) is 23.9 Å². The van der Waals surface area contributed by atoms with Crippen molar-refractivity contribution in [3.8, 4) is 17.0 Å². The Morgan fingerprint density at radius 1 is 0.966 bits per heavy atom. The fraction of sp³-hybridized carbons (Fsp3) is 0.120. The average molecular weight is 382 g/mol. The lowest BCUT2D eigenvalue weighted by Crippen LogP contribution is -2.23. The van der Waals surface area contributed by atoms with Gasteiger partial charge in [-0.3, -0.25) is 4.79 Å². The molecule has 4 heteroatoms. The van der Waals surface area contributed by atoms with E-state index in [2.05, 4.69) is 5.32 Å². The van der Waals surface area contributed by atoms with Gasteiger partial charge >= 0.3 is 0 Å². The number of para-hydroxylation sites is 1. The summed E-state index contributed by atoms with van der Waals surface area (Å²) in [4.78, 5) is 17.8. The van der Waals surface area contributed by atoms with Gasteiger partial charge in [0.15, 0.2) is 0 Å². The summed E-state index contributed by atoms with van der Waals surface area (Å²) in [5.41, 5.74) is 5.37. The monoisotopic (exact) mass is 382 g/mol. The number of hydrogen-bond donors (Lipinski definition) is 1. The predicted molar refractivity (Wildman–Crippen MR) is 116 cm³/mol. The smallest absolute Gasteiger partial charge is 0.252 e. The molecule has 0 radical (unpaired) electrons. The molecule has 4 aromatic rings. The molecule has 0 bridgehead atoms. The second-order valence-corrected chi connectivity index (χ2v) is 6.97. The molecule has 0 aliphatic carbocycles. The minimum absolute atomic E-state index is 0.112. The topological polar surface area (TPSA) is 51.2 Å². The minimum Gasteiger partial charge on any atom is -0.497 e. The molecule has 3 aromatic carbocycles. The van der Waals surface area contributed by atoms with E-state index < -0.39 is 0 Å². The lowest BCUT2D eigenvalue weighted by atomic mass is 10.0. The van der Waals surface area contributed by atoms with Gasteiger partial charge in [0.1, 0.15) is 5.75 Å². The Morgan fingerprint density at radius 3 is 2.41 bits per heavy atom. The molecule has 1 amide bonds. The standard InChI is InChI=1S/C25H22N2O2/c1-17-7-9-18(10-8-17)16-26-25(28)22-15-24(19-11-13-20(29-2)14-12-19)27-23-6-4-3-5-21(22)23/h3-15H,16H2,1-2H3,(H,26,28). The van der Waals surface area contributed by atoms with Crippen LogP contribution in [0.3, 0.4) is 0 Å².